The van der Waals surface area contributed by atoms with Crippen molar-refractivity contribution in [2.45, 2.75) is 25.8 Å². The van der Waals surface area contributed by atoms with Crippen molar-refractivity contribution in [1.82, 2.24) is 0 Å². The molecule has 0 aliphatic rings. The Morgan fingerprint density at radius 3 is 2.40 bits per heavy atom. The highest BCUT2D eigenvalue weighted by molar-refractivity contribution is 6.61. The molecule has 2 nitrogen and oxygen atoms in total. The van der Waals surface area contributed by atoms with Gasteiger partial charge in [0.2, 0.25) is 0 Å². The number of carbonyl (C=O) groups is 1. The van der Waals surface area contributed by atoms with E-state index in [4.69, 9.17) is 23.2 Å². The summed E-state index contributed by atoms with van der Waals surface area (Å²) in [6.07, 6.45) is 0.625. The van der Waals surface area contributed by atoms with Gasteiger partial charge >= 0.3 is 5.43 Å². The highest BCUT2D eigenvalue weighted by atomic mass is 35.5. The van der Waals surface area contributed by atoms with Crippen LogP contribution in [0.1, 0.15) is 20.3 Å². The number of ether oxygens (including phenoxy) is 1. The van der Waals surface area contributed by atoms with Gasteiger partial charge in [0, 0.05) is 18.0 Å². The zero-order valence-electron chi connectivity index (χ0n) is 5.93. The van der Waals surface area contributed by atoms with Crippen molar-refractivity contribution in [1.29, 1.82) is 0 Å². The normalized spacial score (nSPS) is 13.3. The molecular formula is C6H10Cl2O2. The number of hydrogen-bond donors (Lipinski definition) is 0. The molecule has 0 spiro atoms. The van der Waals surface area contributed by atoms with Crippen molar-refractivity contribution in [3.05, 3.63) is 0 Å². The van der Waals surface area contributed by atoms with Gasteiger partial charge < -0.3 is 4.74 Å². The maximum absolute atomic E-state index is 10.1. The molecule has 0 heterocycles. The number of carbonyl (C=O) groups excluding carboxylic acids is 1. The number of hydrogen-bond acceptors (Lipinski definition) is 2. The predicted octanol–water partition coefficient (Wildman–Crippen LogP) is 2.97. The molecule has 0 saturated heterocycles. The molecule has 0 aromatic heterocycles. The Balaban J connectivity index is 3.43. The average molecular weight is 185 g/mol. The minimum atomic E-state index is -0.847. The van der Waals surface area contributed by atoms with Crippen molar-refractivity contribution in [2.24, 2.45) is 5.92 Å². The smallest absolute Gasteiger partial charge is 0.405 e. The number of halogens is 2. The summed E-state index contributed by atoms with van der Waals surface area (Å²) in [5, 5.41) is 0. The first-order chi connectivity index (χ1) is 4.52. The molecule has 0 radical (unpaired) electrons. The molecule has 0 aromatic rings. The standard InChI is InChI=1S/C6H10Cl2O2/c1-4(2)3-5(7)10-6(8)9/h4-5H,3H2,1-2H3. The van der Waals surface area contributed by atoms with Crippen LogP contribution in [0.15, 0.2) is 0 Å². The van der Waals surface area contributed by atoms with E-state index in [0.717, 1.165) is 0 Å². The van der Waals surface area contributed by atoms with Gasteiger partial charge in [0.05, 0.1) is 0 Å². The lowest BCUT2D eigenvalue weighted by Gasteiger charge is -2.09. The fraction of sp³-hybridized carbons (Fsp3) is 0.833. The van der Waals surface area contributed by atoms with E-state index in [-0.39, 0.29) is 0 Å². The third kappa shape index (κ3) is 6.17. The van der Waals surface area contributed by atoms with Gasteiger partial charge in [-0.2, -0.15) is 0 Å². The Morgan fingerprint density at radius 1 is 1.60 bits per heavy atom. The molecule has 0 rings (SSSR count). The molecule has 10 heavy (non-hydrogen) atoms. The summed E-state index contributed by atoms with van der Waals surface area (Å²) in [7, 11) is 0. The fourth-order valence-electron chi connectivity index (χ4n) is 0.519. The van der Waals surface area contributed by atoms with E-state index < -0.39 is 11.0 Å². The summed E-state index contributed by atoms with van der Waals surface area (Å²) >= 11 is 10.5. The Morgan fingerprint density at radius 2 is 2.10 bits per heavy atom. The Bertz CT molecular complexity index is 114. The Hall–Kier alpha value is 0.0500. The predicted molar refractivity (Wildman–Crippen MR) is 41.4 cm³/mol. The van der Waals surface area contributed by atoms with Crippen molar-refractivity contribution < 1.29 is 9.53 Å². The van der Waals surface area contributed by atoms with Gasteiger partial charge in [0.1, 0.15) is 0 Å². The lowest BCUT2D eigenvalue weighted by molar-refractivity contribution is 0.149. The van der Waals surface area contributed by atoms with E-state index in [1.807, 2.05) is 13.8 Å². The summed E-state index contributed by atoms with van der Waals surface area (Å²) in [5.41, 5.74) is -1.44. The SMILES string of the molecule is CC(C)CC(Cl)OC(=O)Cl. The molecule has 0 bridgehead atoms. The third-order valence-electron chi connectivity index (χ3n) is 0.877. The molecular weight excluding hydrogens is 175 g/mol. The molecule has 60 valence electrons. The molecule has 4 heteroatoms. The summed E-state index contributed by atoms with van der Waals surface area (Å²) in [6.45, 7) is 3.97. The second-order valence-electron chi connectivity index (χ2n) is 2.40. The van der Waals surface area contributed by atoms with E-state index in [2.05, 4.69) is 4.74 Å². The fourth-order valence-corrected chi connectivity index (χ4v) is 1.11. The molecule has 1 unspecified atom stereocenters. The molecule has 0 aliphatic heterocycles. The quantitative estimate of drug-likeness (QED) is 0.499. The molecule has 0 amide bonds. The molecule has 0 aromatic carbocycles. The topological polar surface area (TPSA) is 26.3 Å². The van der Waals surface area contributed by atoms with E-state index in [1.165, 1.54) is 0 Å². The van der Waals surface area contributed by atoms with Crippen molar-refractivity contribution >= 4 is 28.6 Å². The highest BCUT2D eigenvalue weighted by Crippen LogP contribution is 2.12. The van der Waals surface area contributed by atoms with Gasteiger partial charge in [-0.3, -0.25) is 0 Å². The van der Waals surface area contributed by atoms with Gasteiger partial charge in [-0.05, 0) is 5.92 Å². The minimum Gasteiger partial charge on any atom is -0.434 e. The molecule has 0 saturated carbocycles. The van der Waals surface area contributed by atoms with Crippen LogP contribution >= 0.6 is 23.2 Å². The van der Waals surface area contributed by atoms with Crippen LogP contribution in [0.5, 0.6) is 0 Å². The lowest BCUT2D eigenvalue weighted by atomic mass is 10.1. The van der Waals surface area contributed by atoms with Crippen molar-refractivity contribution in [2.75, 3.05) is 0 Å². The molecule has 0 aliphatic carbocycles. The van der Waals surface area contributed by atoms with Gasteiger partial charge in [-0.1, -0.05) is 25.4 Å². The van der Waals surface area contributed by atoms with Crippen LogP contribution in [0, 0.1) is 5.92 Å². The van der Waals surface area contributed by atoms with Gasteiger partial charge in [-0.25, -0.2) is 4.79 Å². The molecule has 0 N–H and O–H groups in total. The zero-order valence-corrected chi connectivity index (χ0v) is 7.45. The number of alkyl halides is 1. The van der Waals surface area contributed by atoms with E-state index in [9.17, 15) is 4.79 Å². The number of rotatable bonds is 3. The first kappa shape index (κ1) is 10.0. The van der Waals surface area contributed by atoms with Crippen molar-refractivity contribution in [3.8, 4) is 0 Å². The Kier molecular flexibility index (Phi) is 4.83. The van der Waals surface area contributed by atoms with E-state index in [0.29, 0.717) is 12.3 Å². The van der Waals surface area contributed by atoms with Crippen LogP contribution in [0.2, 0.25) is 0 Å². The van der Waals surface area contributed by atoms with Gasteiger partial charge in [0.15, 0.2) is 5.56 Å². The Labute approximate surface area is 70.4 Å². The van der Waals surface area contributed by atoms with Crippen LogP contribution in [0.3, 0.4) is 0 Å². The zero-order chi connectivity index (χ0) is 8.15. The van der Waals surface area contributed by atoms with Crippen LogP contribution in [-0.2, 0) is 4.74 Å². The first-order valence-corrected chi connectivity index (χ1v) is 3.84. The maximum atomic E-state index is 10.1. The van der Waals surface area contributed by atoms with E-state index >= 15 is 0 Å². The van der Waals surface area contributed by atoms with Crippen molar-refractivity contribution in [3.63, 3.8) is 0 Å². The van der Waals surface area contributed by atoms with E-state index in [1.54, 1.807) is 0 Å². The van der Waals surface area contributed by atoms with Gasteiger partial charge in [0.25, 0.3) is 0 Å². The second-order valence-corrected chi connectivity index (χ2v) is 3.19. The second kappa shape index (κ2) is 4.80. The highest BCUT2D eigenvalue weighted by Gasteiger charge is 2.10. The van der Waals surface area contributed by atoms with Gasteiger partial charge in [-0.15, -0.1) is 0 Å². The minimum absolute atomic E-state index is 0.401. The third-order valence-corrected chi connectivity index (χ3v) is 1.23. The van der Waals surface area contributed by atoms with Crippen LogP contribution in [0.4, 0.5) is 4.79 Å². The largest absolute Gasteiger partial charge is 0.434 e. The van der Waals surface area contributed by atoms with Crippen LogP contribution in [0.25, 0.3) is 0 Å². The monoisotopic (exact) mass is 184 g/mol. The summed E-state index contributed by atoms with van der Waals surface area (Å²) in [4.78, 5) is 10.1. The molecule has 0 fully saturated rings. The summed E-state index contributed by atoms with van der Waals surface area (Å²) < 4.78 is 4.45. The average Bonchev–Trinajstić information content (AvgIpc) is 1.58. The molecule has 1 atom stereocenters. The maximum Gasteiger partial charge on any atom is 0.405 e. The lowest BCUT2D eigenvalue weighted by Crippen LogP contribution is -2.09. The van der Waals surface area contributed by atoms with Crippen LogP contribution in [-0.4, -0.2) is 11.0 Å². The first-order valence-electron chi connectivity index (χ1n) is 3.02. The summed E-state index contributed by atoms with van der Waals surface area (Å²) in [6, 6.07) is 0. The van der Waals surface area contributed by atoms with Crippen LogP contribution < -0.4 is 0 Å². The summed E-state index contributed by atoms with van der Waals surface area (Å²) in [5.74, 6) is 0.401.